The maximum absolute atomic E-state index is 5.94. The van der Waals surface area contributed by atoms with Crippen LogP contribution < -0.4 is 11.3 Å². The van der Waals surface area contributed by atoms with Gasteiger partial charge in [-0.25, -0.2) is 0 Å². The maximum Gasteiger partial charge on any atom is 0.176 e. The van der Waals surface area contributed by atoms with Gasteiger partial charge >= 0.3 is 0 Å². The first-order valence-corrected chi connectivity index (χ1v) is 8.19. The standard InChI is InChI=1S/C14H27N7/c1-20-18-13(17-19-20)11-12(16-15)14(7-3-4-8-14)21-9-5-2-6-10-21/h12,16H,2-11,15H2,1H3. The number of hydrazine groups is 1. The van der Waals surface area contributed by atoms with E-state index in [1.54, 1.807) is 7.05 Å². The van der Waals surface area contributed by atoms with E-state index in [2.05, 4.69) is 25.7 Å². The zero-order valence-electron chi connectivity index (χ0n) is 13.0. The second-order valence-electron chi connectivity index (χ2n) is 6.48. The molecule has 1 aromatic rings. The lowest BCUT2D eigenvalue weighted by atomic mass is 9.83. The van der Waals surface area contributed by atoms with E-state index in [9.17, 15) is 0 Å². The Labute approximate surface area is 126 Å². The largest absolute Gasteiger partial charge is 0.296 e. The smallest absolute Gasteiger partial charge is 0.176 e. The summed E-state index contributed by atoms with van der Waals surface area (Å²) in [6.45, 7) is 2.40. The Kier molecular flexibility index (Phi) is 4.51. The predicted molar refractivity (Wildman–Crippen MR) is 80.2 cm³/mol. The van der Waals surface area contributed by atoms with Gasteiger partial charge in [-0.1, -0.05) is 19.3 Å². The lowest BCUT2D eigenvalue weighted by Crippen LogP contribution is -2.63. The highest BCUT2D eigenvalue weighted by Gasteiger charge is 2.46. The van der Waals surface area contributed by atoms with E-state index in [1.807, 2.05) is 0 Å². The van der Waals surface area contributed by atoms with Crippen molar-refractivity contribution in [2.24, 2.45) is 12.9 Å². The molecule has 1 aliphatic heterocycles. The predicted octanol–water partition coefficient (Wildman–Crippen LogP) is 0.383. The molecule has 118 valence electrons. The summed E-state index contributed by atoms with van der Waals surface area (Å²) in [6.07, 6.45) is 9.76. The molecule has 3 rings (SSSR count). The molecule has 2 fully saturated rings. The first-order valence-electron chi connectivity index (χ1n) is 8.19. The summed E-state index contributed by atoms with van der Waals surface area (Å²) in [5.74, 6) is 6.72. The van der Waals surface area contributed by atoms with E-state index in [0.29, 0.717) is 0 Å². The lowest BCUT2D eigenvalue weighted by molar-refractivity contribution is 0.0360. The van der Waals surface area contributed by atoms with Crippen LogP contribution in [0.25, 0.3) is 0 Å². The van der Waals surface area contributed by atoms with E-state index in [-0.39, 0.29) is 11.6 Å². The van der Waals surface area contributed by atoms with Gasteiger partial charge < -0.3 is 0 Å². The van der Waals surface area contributed by atoms with Crippen LogP contribution >= 0.6 is 0 Å². The molecular weight excluding hydrogens is 266 g/mol. The van der Waals surface area contributed by atoms with Gasteiger partial charge in [-0.15, -0.1) is 10.2 Å². The van der Waals surface area contributed by atoms with Gasteiger partial charge in [0.1, 0.15) is 0 Å². The summed E-state index contributed by atoms with van der Waals surface area (Å²) in [6, 6.07) is 0.197. The summed E-state index contributed by atoms with van der Waals surface area (Å²) < 4.78 is 0. The Morgan fingerprint density at radius 1 is 1.19 bits per heavy atom. The first kappa shape index (κ1) is 14.9. The number of aromatic nitrogens is 4. The molecular formula is C14H27N7. The molecule has 1 aliphatic carbocycles. The molecule has 0 spiro atoms. The topological polar surface area (TPSA) is 84.9 Å². The van der Waals surface area contributed by atoms with Gasteiger partial charge in [0.05, 0.1) is 7.05 Å². The van der Waals surface area contributed by atoms with Crippen molar-refractivity contribution < 1.29 is 0 Å². The molecule has 2 aliphatic rings. The van der Waals surface area contributed by atoms with Crippen molar-refractivity contribution in [1.29, 1.82) is 0 Å². The fourth-order valence-electron chi connectivity index (χ4n) is 4.20. The fraction of sp³-hybridized carbons (Fsp3) is 0.929. The van der Waals surface area contributed by atoms with Crippen molar-refractivity contribution in [2.75, 3.05) is 13.1 Å². The molecule has 0 amide bonds. The Morgan fingerprint density at radius 3 is 2.48 bits per heavy atom. The van der Waals surface area contributed by atoms with Gasteiger partial charge in [0.25, 0.3) is 0 Å². The molecule has 1 atom stereocenters. The Bertz CT molecular complexity index is 446. The fourth-order valence-corrected chi connectivity index (χ4v) is 4.20. The summed E-state index contributed by atoms with van der Waals surface area (Å²) >= 11 is 0. The third kappa shape index (κ3) is 2.95. The Balaban J connectivity index is 1.79. The average molecular weight is 293 g/mol. The van der Waals surface area contributed by atoms with Crippen LogP contribution in [0.15, 0.2) is 0 Å². The number of rotatable bonds is 5. The van der Waals surface area contributed by atoms with Crippen LogP contribution in [-0.2, 0) is 13.5 Å². The van der Waals surface area contributed by atoms with E-state index >= 15 is 0 Å². The monoisotopic (exact) mass is 293 g/mol. The van der Waals surface area contributed by atoms with Crippen molar-refractivity contribution in [2.45, 2.75) is 62.9 Å². The number of nitrogens with zero attached hydrogens (tertiary/aromatic N) is 5. The normalized spacial score (nSPS) is 24.3. The second kappa shape index (κ2) is 6.37. The number of likely N-dealkylation sites (tertiary alicyclic amines) is 1. The van der Waals surface area contributed by atoms with Crippen molar-refractivity contribution in [3.8, 4) is 0 Å². The molecule has 1 unspecified atom stereocenters. The number of hydrogen-bond donors (Lipinski definition) is 2. The van der Waals surface area contributed by atoms with Crippen LogP contribution in [0, 0.1) is 0 Å². The molecule has 7 heteroatoms. The Morgan fingerprint density at radius 2 is 1.90 bits per heavy atom. The highest BCUT2D eigenvalue weighted by molar-refractivity contribution is 5.06. The second-order valence-corrected chi connectivity index (χ2v) is 6.48. The van der Waals surface area contributed by atoms with Gasteiger partial charge in [-0.05, 0) is 44.0 Å². The Hall–Kier alpha value is -1.05. The minimum atomic E-state index is 0.175. The molecule has 3 N–H and O–H groups in total. The van der Waals surface area contributed by atoms with Gasteiger partial charge in [0.15, 0.2) is 5.82 Å². The highest BCUT2D eigenvalue weighted by Crippen LogP contribution is 2.40. The summed E-state index contributed by atoms with van der Waals surface area (Å²) in [7, 11) is 1.80. The average Bonchev–Trinajstić information content (AvgIpc) is 3.15. The van der Waals surface area contributed by atoms with Crippen LogP contribution in [0.1, 0.15) is 50.8 Å². The van der Waals surface area contributed by atoms with Crippen molar-refractivity contribution >= 4 is 0 Å². The van der Waals surface area contributed by atoms with Crippen LogP contribution in [0.5, 0.6) is 0 Å². The number of aryl methyl sites for hydroxylation is 1. The van der Waals surface area contributed by atoms with Crippen LogP contribution in [0.3, 0.4) is 0 Å². The summed E-state index contributed by atoms with van der Waals surface area (Å²) in [5, 5.41) is 12.4. The number of hydrogen-bond acceptors (Lipinski definition) is 6. The van der Waals surface area contributed by atoms with Crippen LogP contribution in [0.2, 0.25) is 0 Å². The molecule has 0 radical (unpaired) electrons. The minimum absolute atomic E-state index is 0.175. The van der Waals surface area contributed by atoms with Crippen LogP contribution in [0.4, 0.5) is 0 Å². The van der Waals surface area contributed by atoms with Gasteiger partial charge in [0.2, 0.25) is 0 Å². The maximum atomic E-state index is 5.94. The highest BCUT2D eigenvalue weighted by atomic mass is 15.6. The van der Waals surface area contributed by atoms with Gasteiger partial charge in [-0.2, -0.15) is 4.80 Å². The van der Waals surface area contributed by atoms with E-state index in [0.717, 1.165) is 12.2 Å². The molecule has 1 saturated heterocycles. The number of tetrazole rings is 1. The molecule has 7 nitrogen and oxygen atoms in total. The zero-order valence-corrected chi connectivity index (χ0v) is 13.0. The number of nitrogens with one attached hydrogen (secondary N) is 1. The third-order valence-electron chi connectivity index (χ3n) is 5.24. The lowest BCUT2D eigenvalue weighted by Gasteiger charge is -2.48. The number of piperidine rings is 1. The summed E-state index contributed by atoms with van der Waals surface area (Å²) in [4.78, 5) is 4.20. The van der Waals surface area contributed by atoms with Gasteiger partial charge in [0, 0.05) is 18.0 Å². The quantitative estimate of drug-likeness (QED) is 0.603. The molecule has 21 heavy (non-hydrogen) atoms. The minimum Gasteiger partial charge on any atom is -0.296 e. The number of nitrogens with two attached hydrogens (primary N) is 1. The molecule has 1 saturated carbocycles. The zero-order chi connectivity index (χ0) is 14.7. The van der Waals surface area contributed by atoms with Crippen LogP contribution in [-0.4, -0.2) is 49.8 Å². The van der Waals surface area contributed by atoms with Gasteiger partial charge in [-0.3, -0.25) is 16.2 Å². The summed E-state index contributed by atoms with van der Waals surface area (Å²) in [5.41, 5.74) is 3.26. The van der Waals surface area contributed by atoms with E-state index < -0.39 is 0 Å². The molecule has 0 aromatic carbocycles. The SMILES string of the molecule is Cn1nnc(CC(NN)C2(N3CCCCC3)CCCC2)n1. The molecule has 2 heterocycles. The third-order valence-corrected chi connectivity index (χ3v) is 5.24. The molecule has 0 bridgehead atoms. The van der Waals surface area contributed by atoms with Crippen molar-refractivity contribution in [3.05, 3.63) is 5.82 Å². The molecule has 1 aromatic heterocycles. The first-order chi connectivity index (χ1) is 10.2. The van der Waals surface area contributed by atoms with E-state index in [4.69, 9.17) is 5.84 Å². The van der Waals surface area contributed by atoms with Crippen molar-refractivity contribution in [1.82, 2.24) is 30.5 Å². The van der Waals surface area contributed by atoms with Crippen molar-refractivity contribution in [3.63, 3.8) is 0 Å². The van der Waals surface area contributed by atoms with E-state index in [1.165, 1.54) is 62.8 Å².